The molecule has 1 atom stereocenters. The first-order valence-corrected chi connectivity index (χ1v) is 7.41. The summed E-state index contributed by atoms with van der Waals surface area (Å²) in [6, 6.07) is 8.85. The lowest BCUT2D eigenvalue weighted by Gasteiger charge is -2.11. The van der Waals surface area contributed by atoms with E-state index in [9.17, 15) is 9.59 Å². The van der Waals surface area contributed by atoms with Crippen molar-refractivity contribution >= 4 is 11.9 Å². The Kier molecular flexibility index (Phi) is 4.38. The third-order valence-electron chi connectivity index (χ3n) is 3.67. The molecule has 0 spiro atoms. The van der Waals surface area contributed by atoms with Crippen molar-refractivity contribution in [2.75, 3.05) is 6.61 Å². The Morgan fingerprint density at radius 2 is 2.26 bits per heavy atom. The smallest absolute Gasteiger partial charge is 0.356 e. The molecule has 1 fully saturated rings. The van der Waals surface area contributed by atoms with E-state index in [0.29, 0.717) is 13.2 Å². The number of benzene rings is 1. The molecule has 1 aliphatic heterocycles. The van der Waals surface area contributed by atoms with Crippen molar-refractivity contribution in [1.29, 1.82) is 0 Å². The molecule has 2 heterocycles. The summed E-state index contributed by atoms with van der Waals surface area (Å²) >= 11 is 0. The summed E-state index contributed by atoms with van der Waals surface area (Å²) in [4.78, 5) is 22.8. The van der Waals surface area contributed by atoms with Gasteiger partial charge < -0.3 is 15.2 Å². The Balaban J connectivity index is 1.67. The molecule has 3 rings (SSSR count). The zero-order valence-electron chi connectivity index (χ0n) is 12.4. The first-order chi connectivity index (χ1) is 11.1. The highest BCUT2D eigenvalue weighted by molar-refractivity contribution is 5.85. The molecule has 0 radical (unpaired) electrons. The van der Waals surface area contributed by atoms with E-state index in [4.69, 9.17) is 9.84 Å². The van der Waals surface area contributed by atoms with Crippen LogP contribution in [0.5, 0.6) is 0 Å². The number of amides is 1. The Morgan fingerprint density at radius 3 is 2.96 bits per heavy atom. The number of nitrogens with zero attached hydrogens (tertiary/aromatic N) is 2. The van der Waals surface area contributed by atoms with Crippen molar-refractivity contribution in [2.24, 2.45) is 0 Å². The number of carboxylic acids is 1. The number of ether oxygens (including phenoxy) is 1. The molecule has 0 aliphatic carbocycles. The third-order valence-corrected chi connectivity index (χ3v) is 3.67. The molecule has 7 nitrogen and oxygen atoms in total. The third kappa shape index (κ3) is 3.57. The standard InChI is InChI=1S/C16H17N3O4/c20-15(14-5-2-8-23-14)17-10-11-3-1-4-12(9-11)19-7-6-13(18-19)16(21)22/h1,3-4,6-7,9,14H,2,5,8,10H2,(H,17,20)(H,21,22)/t14-/m0/s1. The van der Waals surface area contributed by atoms with E-state index in [-0.39, 0.29) is 17.7 Å². The van der Waals surface area contributed by atoms with Crippen molar-refractivity contribution in [1.82, 2.24) is 15.1 Å². The normalized spacial score (nSPS) is 17.1. The van der Waals surface area contributed by atoms with Crippen LogP contribution in [0.2, 0.25) is 0 Å². The minimum atomic E-state index is -1.07. The van der Waals surface area contributed by atoms with Crippen molar-refractivity contribution in [3.63, 3.8) is 0 Å². The van der Waals surface area contributed by atoms with Crippen LogP contribution in [-0.4, -0.2) is 39.5 Å². The molecule has 7 heteroatoms. The number of rotatable bonds is 5. The van der Waals surface area contributed by atoms with Gasteiger partial charge in [0.25, 0.3) is 0 Å². The van der Waals surface area contributed by atoms with Crippen LogP contribution in [0.4, 0.5) is 0 Å². The van der Waals surface area contributed by atoms with Crippen molar-refractivity contribution in [3.05, 3.63) is 47.8 Å². The Morgan fingerprint density at radius 1 is 1.39 bits per heavy atom. The van der Waals surface area contributed by atoms with Gasteiger partial charge in [0.05, 0.1) is 5.69 Å². The SMILES string of the molecule is O=C(O)c1ccn(-c2cccc(CNC(=O)[C@@H]3CCCO3)c2)n1. The second-order valence-corrected chi connectivity index (χ2v) is 5.34. The second-order valence-electron chi connectivity index (χ2n) is 5.34. The molecule has 1 aliphatic rings. The van der Waals surface area contributed by atoms with E-state index in [0.717, 1.165) is 24.1 Å². The second kappa shape index (κ2) is 6.62. The molecule has 1 aromatic heterocycles. The summed E-state index contributed by atoms with van der Waals surface area (Å²) in [5.41, 5.74) is 1.63. The molecular formula is C16H17N3O4. The van der Waals surface area contributed by atoms with Crippen LogP contribution in [0.15, 0.2) is 36.5 Å². The molecular weight excluding hydrogens is 298 g/mol. The summed E-state index contributed by atoms with van der Waals surface area (Å²) in [6.45, 7) is 1.03. The van der Waals surface area contributed by atoms with Gasteiger partial charge in [0.15, 0.2) is 5.69 Å². The van der Waals surface area contributed by atoms with Crippen LogP contribution in [0.25, 0.3) is 5.69 Å². The highest BCUT2D eigenvalue weighted by Gasteiger charge is 2.23. The van der Waals surface area contributed by atoms with Gasteiger partial charge in [0.1, 0.15) is 6.10 Å². The fourth-order valence-electron chi connectivity index (χ4n) is 2.48. The van der Waals surface area contributed by atoms with Gasteiger partial charge in [-0.1, -0.05) is 12.1 Å². The van der Waals surface area contributed by atoms with Crippen LogP contribution in [0.3, 0.4) is 0 Å². The number of carboxylic acid groups (broad SMARTS) is 1. The monoisotopic (exact) mass is 315 g/mol. The summed E-state index contributed by atoms with van der Waals surface area (Å²) in [6.07, 6.45) is 2.92. The van der Waals surface area contributed by atoms with E-state index >= 15 is 0 Å². The molecule has 0 bridgehead atoms. The highest BCUT2D eigenvalue weighted by Crippen LogP contribution is 2.13. The lowest BCUT2D eigenvalue weighted by Crippen LogP contribution is -2.33. The molecule has 1 saturated heterocycles. The number of nitrogens with one attached hydrogen (secondary N) is 1. The van der Waals surface area contributed by atoms with Crippen molar-refractivity contribution in [2.45, 2.75) is 25.5 Å². The fraction of sp³-hybridized carbons (Fsp3) is 0.312. The molecule has 1 aromatic carbocycles. The first kappa shape index (κ1) is 15.2. The molecule has 1 amide bonds. The van der Waals surface area contributed by atoms with Gasteiger partial charge in [-0.2, -0.15) is 5.10 Å². The lowest BCUT2D eigenvalue weighted by atomic mass is 10.2. The van der Waals surface area contributed by atoms with Gasteiger partial charge in [-0.15, -0.1) is 0 Å². The molecule has 23 heavy (non-hydrogen) atoms. The maximum atomic E-state index is 11.9. The van der Waals surface area contributed by atoms with Gasteiger partial charge in [-0.25, -0.2) is 9.48 Å². The van der Waals surface area contributed by atoms with E-state index in [1.165, 1.54) is 10.7 Å². The van der Waals surface area contributed by atoms with Crippen LogP contribution in [0, 0.1) is 0 Å². The lowest BCUT2D eigenvalue weighted by molar-refractivity contribution is -0.130. The molecule has 0 unspecified atom stereocenters. The Hall–Kier alpha value is -2.67. The number of hydrogen-bond acceptors (Lipinski definition) is 4. The average molecular weight is 315 g/mol. The fourth-order valence-corrected chi connectivity index (χ4v) is 2.48. The number of hydrogen-bond donors (Lipinski definition) is 2. The predicted molar refractivity (Wildman–Crippen MR) is 81.3 cm³/mol. The van der Waals surface area contributed by atoms with Crippen molar-refractivity contribution in [3.8, 4) is 5.69 Å². The van der Waals surface area contributed by atoms with E-state index < -0.39 is 5.97 Å². The zero-order chi connectivity index (χ0) is 16.2. The zero-order valence-corrected chi connectivity index (χ0v) is 12.4. The van der Waals surface area contributed by atoms with E-state index in [2.05, 4.69) is 10.4 Å². The number of aromatic carboxylic acids is 1. The molecule has 2 aromatic rings. The highest BCUT2D eigenvalue weighted by atomic mass is 16.5. The van der Waals surface area contributed by atoms with E-state index in [1.807, 2.05) is 24.3 Å². The van der Waals surface area contributed by atoms with Crippen LogP contribution in [-0.2, 0) is 16.1 Å². The largest absolute Gasteiger partial charge is 0.476 e. The number of carbonyl (C=O) groups is 2. The minimum Gasteiger partial charge on any atom is -0.476 e. The van der Waals surface area contributed by atoms with Gasteiger partial charge >= 0.3 is 5.97 Å². The first-order valence-electron chi connectivity index (χ1n) is 7.41. The topological polar surface area (TPSA) is 93.5 Å². The molecule has 0 saturated carbocycles. The maximum Gasteiger partial charge on any atom is 0.356 e. The summed E-state index contributed by atoms with van der Waals surface area (Å²) < 4.78 is 6.83. The Bertz CT molecular complexity index is 720. The minimum absolute atomic E-state index is 0.0120. The molecule has 120 valence electrons. The number of aromatic nitrogens is 2. The van der Waals surface area contributed by atoms with Gasteiger partial charge in [-0.05, 0) is 36.6 Å². The van der Waals surface area contributed by atoms with E-state index in [1.54, 1.807) is 6.20 Å². The van der Waals surface area contributed by atoms with Gasteiger partial charge in [0, 0.05) is 19.3 Å². The summed E-state index contributed by atoms with van der Waals surface area (Å²) in [5.74, 6) is -1.16. The van der Waals surface area contributed by atoms with Crippen LogP contribution < -0.4 is 5.32 Å². The quantitative estimate of drug-likeness (QED) is 0.869. The summed E-state index contributed by atoms with van der Waals surface area (Å²) in [7, 11) is 0. The van der Waals surface area contributed by atoms with Crippen LogP contribution in [0.1, 0.15) is 28.9 Å². The van der Waals surface area contributed by atoms with Crippen molar-refractivity contribution < 1.29 is 19.4 Å². The van der Waals surface area contributed by atoms with Gasteiger partial charge in [-0.3, -0.25) is 4.79 Å². The van der Waals surface area contributed by atoms with Crippen LogP contribution >= 0.6 is 0 Å². The molecule has 2 N–H and O–H groups in total. The van der Waals surface area contributed by atoms with Gasteiger partial charge in [0.2, 0.25) is 5.91 Å². The average Bonchev–Trinajstić information content (AvgIpc) is 3.24. The number of carbonyl (C=O) groups excluding carboxylic acids is 1. The summed E-state index contributed by atoms with van der Waals surface area (Å²) in [5, 5.41) is 15.8. The Labute approximate surface area is 132 Å². The maximum absolute atomic E-state index is 11.9. The predicted octanol–water partition coefficient (Wildman–Crippen LogP) is 1.37.